The van der Waals surface area contributed by atoms with Crippen LogP contribution >= 0.6 is 0 Å². The van der Waals surface area contributed by atoms with Crippen molar-refractivity contribution in [3.63, 3.8) is 0 Å². The van der Waals surface area contributed by atoms with Gasteiger partial charge in [0.25, 0.3) is 5.91 Å². The fourth-order valence-electron chi connectivity index (χ4n) is 2.40. The van der Waals surface area contributed by atoms with Crippen LogP contribution in [0, 0.1) is 0 Å². The highest BCUT2D eigenvalue weighted by Gasteiger charge is 2.13. The molecule has 0 aliphatic heterocycles. The Morgan fingerprint density at radius 1 is 1.08 bits per heavy atom. The van der Waals surface area contributed by atoms with E-state index in [4.69, 9.17) is 5.73 Å². The molecule has 132 valence electrons. The first kappa shape index (κ1) is 17.6. The summed E-state index contributed by atoms with van der Waals surface area (Å²) in [6.07, 6.45) is 5.42. The summed E-state index contributed by atoms with van der Waals surface area (Å²) in [5, 5.41) is 2.77. The molecule has 0 fully saturated rings. The zero-order valence-electron chi connectivity index (χ0n) is 13.9. The summed E-state index contributed by atoms with van der Waals surface area (Å²) in [5.41, 5.74) is 8.44. The maximum atomic E-state index is 12.4. The molecule has 8 heteroatoms. The third-order valence-corrected chi connectivity index (χ3v) is 4.81. The van der Waals surface area contributed by atoms with Gasteiger partial charge in [-0.15, -0.1) is 0 Å². The molecule has 0 aliphatic rings. The zero-order valence-corrected chi connectivity index (χ0v) is 14.7. The highest BCUT2D eigenvalue weighted by atomic mass is 32.2. The molecule has 1 heterocycles. The number of aromatic nitrogens is 2. The predicted molar refractivity (Wildman–Crippen MR) is 99.4 cm³/mol. The van der Waals surface area contributed by atoms with Crippen molar-refractivity contribution in [2.75, 3.05) is 17.3 Å². The Labute approximate surface area is 150 Å². The molecule has 1 aromatic heterocycles. The normalized spacial score (nSPS) is 11.1. The predicted octanol–water partition coefficient (Wildman–Crippen LogP) is 2.38. The minimum atomic E-state index is -3.28. The third kappa shape index (κ3) is 3.86. The summed E-state index contributed by atoms with van der Waals surface area (Å²) < 4.78 is 23.2. The van der Waals surface area contributed by atoms with E-state index in [1.165, 1.54) is 30.7 Å². The molecule has 2 aromatic carbocycles. The van der Waals surface area contributed by atoms with Crippen LogP contribution < -0.4 is 11.1 Å². The van der Waals surface area contributed by atoms with Gasteiger partial charge in [0.2, 0.25) is 0 Å². The van der Waals surface area contributed by atoms with Crippen LogP contribution in [0.4, 0.5) is 11.4 Å². The minimum Gasteiger partial charge on any atom is -0.399 e. The Bertz CT molecular complexity index is 1050. The van der Waals surface area contributed by atoms with E-state index in [-0.39, 0.29) is 10.6 Å². The van der Waals surface area contributed by atoms with E-state index in [1.54, 1.807) is 30.3 Å². The molecule has 3 aromatic rings. The number of nitrogens with zero attached hydrogens (tertiary/aromatic N) is 2. The number of hydrogen-bond acceptors (Lipinski definition) is 6. The van der Waals surface area contributed by atoms with E-state index in [0.29, 0.717) is 16.9 Å². The Hall–Kier alpha value is -3.26. The van der Waals surface area contributed by atoms with Crippen molar-refractivity contribution in [1.29, 1.82) is 0 Å². The molecule has 0 atom stereocenters. The summed E-state index contributed by atoms with van der Waals surface area (Å²) in [6, 6.07) is 11.5. The van der Waals surface area contributed by atoms with Gasteiger partial charge in [-0.05, 0) is 29.8 Å². The van der Waals surface area contributed by atoms with Crippen LogP contribution in [0.3, 0.4) is 0 Å². The average Bonchev–Trinajstić information content (AvgIpc) is 2.62. The van der Waals surface area contributed by atoms with Gasteiger partial charge in [0.1, 0.15) is 5.69 Å². The van der Waals surface area contributed by atoms with Crippen LogP contribution in [-0.4, -0.2) is 30.5 Å². The lowest BCUT2D eigenvalue weighted by Crippen LogP contribution is -2.14. The molecule has 1 amide bonds. The number of nitrogen functional groups attached to an aromatic ring is 1. The van der Waals surface area contributed by atoms with Gasteiger partial charge in [-0.1, -0.05) is 18.2 Å². The van der Waals surface area contributed by atoms with Crippen molar-refractivity contribution in [2.45, 2.75) is 4.90 Å². The fraction of sp³-hybridized carbons (Fsp3) is 0.0556. The first-order valence-corrected chi connectivity index (χ1v) is 9.51. The molecule has 3 N–H and O–H groups in total. The lowest BCUT2D eigenvalue weighted by atomic mass is 10.0. The van der Waals surface area contributed by atoms with Crippen molar-refractivity contribution >= 4 is 27.1 Å². The standard InChI is InChI=1S/C18H16N4O3S/c1-26(24,25)14-5-2-12(3-6-14)15-7-4-13(19)10-16(15)22-18(23)17-11-20-8-9-21-17/h2-11H,19H2,1H3,(H,22,23). The third-order valence-electron chi connectivity index (χ3n) is 3.68. The Morgan fingerprint density at radius 2 is 1.81 bits per heavy atom. The summed E-state index contributed by atoms with van der Waals surface area (Å²) in [4.78, 5) is 20.4. The highest BCUT2D eigenvalue weighted by Crippen LogP contribution is 2.31. The van der Waals surface area contributed by atoms with Crippen molar-refractivity contribution in [3.05, 3.63) is 66.7 Å². The lowest BCUT2D eigenvalue weighted by Gasteiger charge is -2.12. The van der Waals surface area contributed by atoms with Gasteiger partial charge in [0.15, 0.2) is 9.84 Å². The molecule has 26 heavy (non-hydrogen) atoms. The van der Waals surface area contributed by atoms with E-state index >= 15 is 0 Å². The van der Waals surface area contributed by atoms with E-state index < -0.39 is 15.7 Å². The van der Waals surface area contributed by atoms with E-state index in [9.17, 15) is 13.2 Å². The Morgan fingerprint density at radius 3 is 2.42 bits per heavy atom. The molecule has 3 rings (SSSR count). The quantitative estimate of drug-likeness (QED) is 0.683. The number of anilines is 2. The number of carbonyl (C=O) groups is 1. The number of nitrogens with one attached hydrogen (secondary N) is 1. The van der Waals surface area contributed by atoms with Crippen molar-refractivity contribution in [3.8, 4) is 11.1 Å². The summed E-state index contributed by atoms with van der Waals surface area (Å²) in [5.74, 6) is -0.419. The van der Waals surface area contributed by atoms with Gasteiger partial charge < -0.3 is 11.1 Å². The smallest absolute Gasteiger partial charge is 0.275 e. The topological polar surface area (TPSA) is 115 Å². The molecule has 0 aliphatic carbocycles. The molecule has 0 bridgehead atoms. The molecule has 0 unspecified atom stereocenters. The van der Waals surface area contributed by atoms with E-state index in [2.05, 4.69) is 15.3 Å². The second-order valence-electron chi connectivity index (χ2n) is 5.65. The number of benzene rings is 2. The van der Waals surface area contributed by atoms with Crippen LogP contribution in [0.5, 0.6) is 0 Å². The lowest BCUT2D eigenvalue weighted by molar-refractivity contribution is 0.102. The maximum absolute atomic E-state index is 12.4. The molecule has 0 radical (unpaired) electrons. The largest absolute Gasteiger partial charge is 0.399 e. The SMILES string of the molecule is CS(=O)(=O)c1ccc(-c2ccc(N)cc2NC(=O)c2cnccn2)cc1. The van der Waals surface area contributed by atoms with Crippen molar-refractivity contribution < 1.29 is 13.2 Å². The molecule has 0 spiro atoms. The highest BCUT2D eigenvalue weighted by molar-refractivity contribution is 7.90. The van der Waals surface area contributed by atoms with Crippen LogP contribution in [0.2, 0.25) is 0 Å². The number of carbonyl (C=O) groups excluding carboxylic acids is 1. The summed E-state index contributed by atoms with van der Waals surface area (Å²) >= 11 is 0. The molecular weight excluding hydrogens is 352 g/mol. The Kier molecular flexibility index (Phi) is 4.68. The summed E-state index contributed by atoms with van der Waals surface area (Å²) in [6.45, 7) is 0. The number of hydrogen-bond donors (Lipinski definition) is 2. The van der Waals surface area contributed by atoms with Gasteiger partial charge in [-0.3, -0.25) is 9.78 Å². The van der Waals surface area contributed by atoms with Gasteiger partial charge in [0.05, 0.1) is 16.8 Å². The van der Waals surface area contributed by atoms with Gasteiger partial charge in [-0.2, -0.15) is 0 Å². The monoisotopic (exact) mass is 368 g/mol. The fourth-order valence-corrected chi connectivity index (χ4v) is 3.03. The summed E-state index contributed by atoms with van der Waals surface area (Å²) in [7, 11) is -3.28. The van der Waals surface area contributed by atoms with Crippen molar-refractivity contribution in [1.82, 2.24) is 9.97 Å². The van der Waals surface area contributed by atoms with Crippen LogP contribution in [0.1, 0.15) is 10.5 Å². The number of amides is 1. The Balaban J connectivity index is 1.97. The second-order valence-corrected chi connectivity index (χ2v) is 7.66. The maximum Gasteiger partial charge on any atom is 0.275 e. The number of sulfone groups is 1. The average molecular weight is 368 g/mol. The van der Waals surface area contributed by atoms with Gasteiger partial charge in [0, 0.05) is 29.9 Å². The zero-order chi connectivity index (χ0) is 18.7. The van der Waals surface area contributed by atoms with Gasteiger partial charge in [-0.25, -0.2) is 13.4 Å². The minimum absolute atomic E-state index is 0.174. The molecule has 0 saturated heterocycles. The second kappa shape index (κ2) is 6.93. The van der Waals surface area contributed by atoms with Crippen LogP contribution in [-0.2, 0) is 9.84 Å². The number of rotatable bonds is 4. The van der Waals surface area contributed by atoms with E-state index in [1.807, 2.05) is 0 Å². The molecular formula is C18H16N4O3S. The molecule has 7 nitrogen and oxygen atoms in total. The first-order valence-electron chi connectivity index (χ1n) is 7.62. The molecule has 0 saturated carbocycles. The number of nitrogens with two attached hydrogens (primary N) is 1. The van der Waals surface area contributed by atoms with Crippen molar-refractivity contribution in [2.24, 2.45) is 0 Å². The first-order chi connectivity index (χ1) is 12.3. The van der Waals surface area contributed by atoms with Gasteiger partial charge >= 0.3 is 0 Å². The van der Waals surface area contributed by atoms with Crippen LogP contribution in [0.15, 0.2) is 66.0 Å². The van der Waals surface area contributed by atoms with Crippen LogP contribution in [0.25, 0.3) is 11.1 Å². The van der Waals surface area contributed by atoms with E-state index in [0.717, 1.165) is 11.8 Å².